The maximum absolute atomic E-state index is 11.5. The van der Waals surface area contributed by atoms with Crippen molar-refractivity contribution in [1.29, 1.82) is 0 Å². The van der Waals surface area contributed by atoms with Crippen molar-refractivity contribution in [2.45, 2.75) is 38.6 Å². The van der Waals surface area contributed by atoms with Crippen LogP contribution >= 0.6 is 0 Å². The molecular formula is C11H23N3O3S. The SMILES string of the molecule is CCNS(=O)(=O)CCNC(=O)CNC1CCCC1. The van der Waals surface area contributed by atoms with Crippen molar-refractivity contribution >= 4 is 15.9 Å². The second-order valence-corrected chi connectivity index (χ2v) is 6.46. The molecule has 18 heavy (non-hydrogen) atoms. The molecule has 0 saturated heterocycles. The summed E-state index contributed by atoms with van der Waals surface area (Å²) in [7, 11) is -3.24. The van der Waals surface area contributed by atoms with Crippen molar-refractivity contribution < 1.29 is 13.2 Å². The molecular weight excluding hydrogens is 254 g/mol. The normalized spacial score (nSPS) is 16.9. The van der Waals surface area contributed by atoms with Gasteiger partial charge in [0, 0.05) is 19.1 Å². The van der Waals surface area contributed by atoms with Crippen molar-refractivity contribution in [3.05, 3.63) is 0 Å². The summed E-state index contributed by atoms with van der Waals surface area (Å²) in [6, 6.07) is 0.446. The Kier molecular flexibility index (Phi) is 6.59. The molecule has 7 heteroatoms. The highest BCUT2D eigenvalue weighted by Gasteiger charge is 2.15. The molecule has 0 radical (unpaired) electrons. The van der Waals surface area contributed by atoms with Gasteiger partial charge in [-0.05, 0) is 12.8 Å². The highest BCUT2D eigenvalue weighted by atomic mass is 32.2. The number of amides is 1. The maximum atomic E-state index is 11.5. The first-order valence-electron chi connectivity index (χ1n) is 6.51. The first kappa shape index (κ1) is 15.4. The monoisotopic (exact) mass is 277 g/mol. The van der Waals surface area contributed by atoms with Crippen LogP contribution < -0.4 is 15.4 Å². The van der Waals surface area contributed by atoms with E-state index in [2.05, 4.69) is 15.4 Å². The Morgan fingerprint density at radius 2 is 1.94 bits per heavy atom. The van der Waals surface area contributed by atoms with Gasteiger partial charge in [-0.3, -0.25) is 4.79 Å². The quantitative estimate of drug-likeness (QED) is 0.562. The van der Waals surface area contributed by atoms with Gasteiger partial charge in [0.2, 0.25) is 15.9 Å². The Morgan fingerprint density at radius 1 is 1.28 bits per heavy atom. The summed E-state index contributed by atoms with van der Waals surface area (Å²) in [5.74, 6) is -0.218. The maximum Gasteiger partial charge on any atom is 0.233 e. The fourth-order valence-corrected chi connectivity index (χ4v) is 3.00. The van der Waals surface area contributed by atoms with Crippen LogP contribution in [-0.4, -0.2) is 45.8 Å². The van der Waals surface area contributed by atoms with Crippen molar-refractivity contribution in [2.75, 3.05) is 25.4 Å². The Hall–Kier alpha value is -0.660. The molecule has 1 amide bonds. The number of hydrogen-bond donors (Lipinski definition) is 3. The molecule has 0 aromatic carbocycles. The predicted molar refractivity (Wildman–Crippen MR) is 70.7 cm³/mol. The van der Waals surface area contributed by atoms with E-state index in [1.165, 1.54) is 12.8 Å². The van der Waals surface area contributed by atoms with Crippen LogP contribution in [0.5, 0.6) is 0 Å². The lowest BCUT2D eigenvalue weighted by atomic mass is 10.2. The van der Waals surface area contributed by atoms with Gasteiger partial charge in [-0.25, -0.2) is 13.1 Å². The number of hydrogen-bond acceptors (Lipinski definition) is 4. The van der Waals surface area contributed by atoms with Gasteiger partial charge >= 0.3 is 0 Å². The van der Waals surface area contributed by atoms with Crippen LogP contribution in [0.15, 0.2) is 0 Å². The number of carbonyl (C=O) groups excluding carboxylic acids is 1. The van der Waals surface area contributed by atoms with E-state index in [9.17, 15) is 13.2 Å². The summed E-state index contributed by atoms with van der Waals surface area (Å²) in [4.78, 5) is 11.5. The lowest BCUT2D eigenvalue weighted by Crippen LogP contribution is -2.40. The van der Waals surface area contributed by atoms with Crippen LogP contribution in [0.4, 0.5) is 0 Å². The molecule has 0 spiro atoms. The summed E-state index contributed by atoms with van der Waals surface area (Å²) < 4.78 is 25.0. The average Bonchev–Trinajstić information content (AvgIpc) is 2.78. The predicted octanol–water partition coefficient (Wildman–Crippen LogP) is -0.426. The molecule has 0 bridgehead atoms. The molecule has 106 valence electrons. The summed E-state index contributed by atoms with van der Waals surface area (Å²) in [6.07, 6.45) is 4.70. The van der Waals surface area contributed by atoms with Gasteiger partial charge < -0.3 is 10.6 Å². The zero-order valence-electron chi connectivity index (χ0n) is 10.9. The smallest absolute Gasteiger partial charge is 0.233 e. The fourth-order valence-electron chi connectivity index (χ4n) is 2.05. The number of sulfonamides is 1. The molecule has 0 aliphatic heterocycles. The Labute approximate surface area is 109 Å². The molecule has 0 atom stereocenters. The molecule has 1 fully saturated rings. The third-order valence-electron chi connectivity index (χ3n) is 2.96. The minimum Gasteiger partial charge on any atom is -0.354 e. The molecule has 1 aliphatic rings. The van der Waals surface area contributed by atoms with E-state index >= 15 is 0 Å². The van der Waals surface area contributed by atoms with Gasteiger partial charge in [0.25, 0.3) is 0 Å². The molecule has 6 nitrogen and oxygen atoms in total. The van der Waals surface area contributed by atoms with Crippen LogP contribution in [-0.2, 0) is 14.8 Å². The van der Waals surface area contributed by atoms with Crippen LogP contribution in [0.25, 0.3) is 0 Å². The Bertz CT molecular complexity index is 351. The molecule has 0 unspecified atom stereocenters. The van der Waals surface area contributed by atoms with Gasteiger partial charge in [-0.2, -0.15) is 0 Å². The van der Waals surface area contributed by atoms with E-state index in [1.54, 1.807) is 6.92 Å². The summed E-state index contributed by atoms with van der Waals surface area (Å²) in [6.45, 7) is 2.52. The largest absolute Gasteiger partial charge is 0.354 e. The molecule has 0 aromatic heterocycles. The van der Waals surface area contributed by atoms with Crippen LogP contribution in [0.3, 0.4) is 0 Å². The van der Waals surface area contributed by atoms with Gasteiger partial charge in [-0.15, -0.1) is 0 Å². The van der Waals surface area contributed by atoms with E-state index in [4.69, 9.17) is 0 Å². The molecule has 1 saturated carbocycles. The Balaban J connectivity index is 2.09. The van der Waals surface area contributed by atoms with Crippen molar-refractivity contribution in [3.8, 4) is 0 Å². The standard InChI is InChI=1S/C11H23N3O3S/c1-2-14-18(16,17)8-7-12-11(15)9-13-10-5-3-4-6-10/h10,13-14H,2-9H2,1H3,(H,12,15). The highest BCUT2D eigenvalue weighted by Crippen LogP contribution is 2.17. The average molecular weight is 277 g/mol. The number of rotatable bonds is 8. The fraction of sp³-hybridized carbons (Fsp3) is 0.909. The van der Waals surface area contributed by atoms with Gasteiger partial charge in [-0.1, -0.05) is 19.8 Å². The van der Waals surface area contributed by atoms with Crippen LogP contribution in [0.1, 0.15) is 32.6 Å². The molecule has 0 heterocycles. The van der Waals surface area contributed by atoms with Gasteiger partial charge in [0.1, 0.15) is 0 Å². The highest BCUT2D eigenvalue weighted by molar-refractivity contribution is 7.89. The zero-order valence-corrected chi connectivity index (χ0v) is 11.7. The summed E-state index contributed by atoms with van der Waals surface area (Å²) in [5.41, 5.74) is 0. The number of carbonyl (C=O) groups is 1. The molecule has 1 rings (SSSR count). The molecule has 3 N–H and O–H groups in total. The molecule has 0 aromatic rings. The first-order valence-corrected chi connectivity index (χ1v) is 8.16. The van der Waals surface area contributed by atoms with Gasteiger partial charge in [0.15, 0.2) is 0 Å². The van der Waals surface area contributed by atoms with Crippen LogP contribution in [0.2, 0.25) is 0 Å². The second kappa shape index (κ2) is 7.70. The van der Waals surface area contributed by atoms with E-state index < -0.39 is 10.0 Å². The third kappa shape index (κ3) is 6.32. The topological polar surface area (TPSA) is 87.3 Å². The van der Waals surface area contributed by atoms with Crippen molar-refractivity contribution in [1.82, 2.24) is 15.4 Å². The van der Waals surface area contributed by atoms with E-state index in [0.29, 0.717) is 12.6 Å². The lowest BCUT2D eigenvalue weighted by molar-refractivity contribution is -0.120. The third-order valence-corrected chi connectivity index (χ3v) is 4.43. The van der Waals surface area contributed by atoms with Gasteiger partial charge in [0.05, 0.1) is 12.3 Å². The Morgan fingerprint density at radius 3 is 2.56 bits per heavy atom. The minimum absolute atomic E-state index is 0.0734. The first-order chi connectivity index (χ1) is 8.53. The second-order valence-electron chi connectivity index (χ2n) is 4.53. The van der Waals surface area contributed by atoms with Crippen molar-refractivity contribution in [3.63, 3.8) is 0 Å². The lowest BCUT2D eigenvalue weighted by Gasteiger charge is -2.11. The van der Waals surface area contributed by atoms with E-state index in [0.717, 1.165) is 12.8 Å². The summed E-state index contributed by atoms with van der Waals surface area (Å²) in [5, 5.41) is 5.78. The summed E-state index contributed by atoms with van der Waals surface area (Å²) >= 11 is 0. The minimum atomic E-state index is -3.24. The van der Waals surface area contributed by atoms with Crippen molar-refractivity contribution in [2.24, 2.45) is 0 Å². The molecule has 1 aliphatic carbocycles. The van der Waals surface area contributed by atoms with Crippen LogP contribution in [0, 0.1) is 0 Å². The number of nitrogens with one attached hydrogen (secondary N) is 3. The van der Waals surface area contributed by atoms with E-state index in [-0.39, 0.29) is 24.7 Å². The zero-order chi connectivity index (χ0) is 13.4. The van der Waals surface area contributed by atoms with E-state index in [1.807, 2.05) is 0 Å².